The molecule has 1 N–H and O–H groups in total. The first-order chi connectivity index (χ1) is 4.83. The Kier molecular flexibility index (Phi) is 1.99. The molecule has 0 aliphatic carbocycles. The van der Waals surface area contributed by atoms with Crippen LogP contribution in [0.5, 0.6) is 0 Å². The lowest BCUT2D eigenvalue weighted by molar-refractivity contribution is -0.114. The fraction of sp³-hybridized carbons (Fsp3) is 0.143. The monoisotopic (exact) mass is 136 g/mol. The van der Waals surface area contributed by atoms with Crippen LogP contribution in [0.3, 0.4) is 0 Å². The molecule has 3 nitrogen and oxygen atoms in total. The maximum atomic E-state index is 10.7. The first-order valence-corrected chi connectivity index (χ1v) is 2.96. The van der Waals surface area contributed by atoms with E-state index in [0.29, 0.717) is 12.2 Å². The summed E-state index contributed by atoms with van der Waals surface area (Å²) < 4.78 is 0. The number of ketones is 1. The normalized spacial score (nSPS) is 9.20. The molecule has 1 aromatic heterocycles. The molecule has 0 saturated carbocycles. The van der Waals surface area contributed by atoms with Gasteiger partial charge in [-0.15, -0.1) is 0 Å². The van der Waals surface area contributed by atoms with Gasteiger partial charge in [0.1, 0.15) is 5.82 Å². The zero-order valence-corrected chi connectivity index (χ0v) is 5.50. The molecule has 10 heavy (non-hydrogen) atoms. The van der Waals surface area contributed by atoms with E-state index in [4.69, 9.17) is 0 Å². The number of carbonyl (C=O) groups is 1. The van der Waals surface area contributed by atoms with Gasteiger partial charge in [0.25, 0.3) is 0 Å². The number of rotatable bonds is 3. The van der Waals surface area contributed by atoms with Crippen molar-refractivity contribution in [2.75, 3.05) is 0 Å². The van der Waals surface area contributed by atoms with Crippen LogP contribution in [0.2, 0.25) is 0 Å². The van der Waals surface area contributed by atoms with Crippen LogP contribution in [0.4, 0.5) is 0 Å². The number of hydrogen-bond donors (Lipinski definition) is 1. The molecule has 0 aliphatic heterocycles. The summed E-state index contributed by atoms with van der Waals surface area (Å²) in [6.07, 6.45) is 4.91. The van der Waals surface area contributed by atoms with Crippen molar-refractivity contribution in [1.82, 2.24) is 9.97 Å². The minimum absolute atomic E-state index is 0.0186. The lowest BCUT2D eigenvalue weighted by Crippen LogP contribution is -1.99. The molecule has 1 aromatic rings. The molecule has 1 heterocycles. The van der Waals surface area contributed by atoms with Gasteiger partial charge in [-0.3, -0.25) is 4.79 Å². The molecule has 0 radical (unpaired) electrons. The maximum Gasteiger partial charge on any atom is 0.162 e. The zero-order valence-electron chi connectivity index (χ0n) is 5.50. The van der Waals surface area contributed by atoms with Crippen LogP contribution in [0, 0.1) is 0 Å². The summed E-state index contributed by atoms with van der Waals surface area (Å²) >= 11 is 0. The van der Waals surface area contributed by atoms with Gasteiger partial charge in [-0.1, -0.05) is 6.58 Å². The number of nitrogens with one attached hydrogen (secondary N) is 1. The van der Waals surface area contributed by atoms with Crippen molar-refractivity contribution in [2.45, 2.75) is 6.42 Å². The molecule has 0 atom stereocenters. The van der Waals surface area contributed by atoms with Crippen LogP contribution in [-0.4, -0.2) is 15.8 Å². The summed E-state index contributed by atoms with van der Waals surface area (Å²) in [4.78, 5) is 17.4. The molecule has 52 valence electrons. The number of nitrogens with zero attached hydrogens (tertiary/aromatic N) is 1. The number of aromatic amines is 1. The van der Waals surface area contributed by atoms with Gasteiger partial charge in [0.2, 0.25) is 0 Å². The van der Waals surface area contributed by atoms with E-state index >= 15 is 0 Å². The Balaban J connectivity index is 2.56. The van der Waals surface area contributed by atoms with E-state index in [-0.39, 0.29) is 5.78 Å². The van der Waals surface area contributed by atoms with E-state index in [1.165, 1.54) is 6.08 Å². The Morgan fingerprint density at radius 3 is 3.20 bits per heavy atom. The molecule has 0 aromatic carbocycles. The SMILES string of the molecule is C=CC(=O)Cc1ncc[nH]1. The fourth-order valence-corrected chi connectivity index (χ4v) is 0.632. The summed E-state index contributed by atoms with van der Waals surface area (Å²) in [7, 11) is 0. The van der Waals surface area contributed by atoms with E-state index < -0.39 is 0 Å². The first kappa shape index (κ1) is 6.74. The predicted molar refractivity (Wildman–Crippen MR) is 37.5 cm³/mol. The van der Waals surface area contributed by atoms with E-state index in [9.17, 15) is 4.79 Å². The van der Waals surface area contributed by atoms with Crippen LogP contribution < -0.4 is 0 Å². The standard InChI is InChI=1S/C7H8N2O/c1-2-6(10)5-7-8-3-4-9-7/h2-4H,1,5H2,(H,8,9). The van der Waals surface area contributed by atoms with Gasteiger partial charge in [0, 0.05) is 12.4 Å². The highest BCUT2D eigenvalue weighted by Crippen LogP contribution is 1.90. The van der Waals surface area contributed by atoms with Crippen molar-refractivity contribution in [3.63, 3.8) is 0 Å². The van der Waals surface area contributed by atoms with Crippen molar-refractivity contribution in [3.8, 4) is 0 Å². The molecule has 0 spiro atoms. The van der Waals surface area contributed by atoms with Crippen molar-refractivity contribution >= 4 is 5.78 Å². The summed E-state index contributed by atoms with van der Waals surface area (Å²) in [6.45, 7) is 3.35. The molecule has 0 amide bonds. The Bertz CT molecular complexity index is 226. The highest BCUT2D eigenvalue weighted by Gasteiger charge is 1.98. The Labute approximate surface area is 58.8 Å². The van der Waals surface area contributed by atoms with Gasteiger partial charge in [-0.25, -0.2) is 4.98 Å². The number of H-pyrrole nitrogens is 1. The van der Waals surface area contributed by atoms with E-state index in [2.05, 4.69) is 16.5 Å². The van der Waals surface area contributed by atoms with Gasteiger partial charge in [-0.05, 0) is 6.08 Å². The second kappa shape index (κ2) is 2.96. The van der Waals surface area contributed by atoms with Crippen molar-refractivity contribution in [2.24, 2.45) is 0 Å². The number of imidazole rings is 1. The Hall–Kier alpha value is -1.38. The van der Waals surface area contributed by atoms with Crippen molar-refractivity contribution in [3.05, 3.63) is 30.9 Å². The quantitative estimate of drug-likeness (QED) is 0.622. The highest BCUT2D eigenvalue weighted by atomic mass is 16.1. The van der Waals surface area contributed by atoms with E-state index in [1.54, 1.807) is 12.4 Å². The Morgan fingerprint density at radius 2 is 2.70 bits per heavy atom. The van der Waals surface area contributed by atoms with Crippen LogP contribution in [-0.2, 0) is 11.2 Å². The summed E-state index contributed by atoms with van der Waals surface area (Å²) in [6, 6.07) is 0. The van der Waals surface area contributed by atoms with Crippen molar-refractivity contribution in [1.29, 1.82) is 0 Å². The predicted octanol–water partition coefficient (Wildman–Crippen LogP) is 0.707. The summed E-state index contributed by atoms with van der Waals surface area (Å²) in [5, 5.41) is 0. The number of allylic oxidation sites excluding steroid dienone is 1. The summed E-state index contributed by atoms with van der Waals surface area (Å²) in [5.41, 5.74) is 0. The summed E-state index contributed by atoms with van der Waals surface area (Å²) in [5.74, 6) is 0.667. The third-order valence-electron chi connectivity index (χ3n) is 1.12. The molecule has 3 heteroatoms. The average molecular weight is 136 g/mol. The number of hydrogen-bond acceptors (Lipinski definition) is 2. The number of aromatic nitrogens is 2. The second-order valence-corrected chi connectivity index (χ2v) is 1.88. The van der Waals surface area contributed by atoms with Gasteiger partial charge >= 0.3 is 0 Å². The lowest BCUT2D eigenvalue weighted by atomic mass is 10.3. The lowest BCUT2D eigenvalue weighted by Gasteiger charge is -1.87. The smallest absolute Gasteiger partial charge is 0.162 e. The zero-order chi connectivity index (χ0) is 7.40. The van der Waals surface area contributed by atoms with Gasteiger partial charge < -0.3 is 4.98 Å². The van der Waals surface area contributed by atoms with Crippen LogP contribution in [0.1, 0.15) is 5.82 Å². The number of carbonyl (C=O) groups excluding carboxylic acids is 1. The fourth-order valence-electron chi connectivity index (χ4n) is 0.632. The molecule has 0 saturated heterocycles. The molecular formula is C7H8N2O. The van der Waals surface area contributed by atoms with Gasteiger partial charge in [0.05, 0.1) is 6.42 Å². The highest BCUT2D eigenvalue weighted by molar-refractivity contribution is 5.90. The molecular weight excluding hydrogens is 128 g/mol. The second-order valence-electron chi connectivity index (χ2n) is 1.88. The van der Waals surface area contributed by atoms with Gasteiger partial charge in [-0.2, -0.15) is 0 Å². The molecule has 0 bridgehead atoms. The van der Waals surface area contributed by atoms with Gasteiger partial charge in [0.15, 0.2) is 5.78 Å². The van der Waals surface area contributed by atoms with Crippen LogP contribution in [0.25, 0.3) is 0 Å². The molecule has 0 aliphatic rings. The molecule has 0 unspecified atom stereocenters. The minimum atomic E-state index is -0.0186. The van der Waals surface area contributed by atoms with Crippen LogP contribution in [0.15, 0.2) is 25.0 Å². The molecule has 1 rings (SSSR count). The van der Waals surface area contributed by atoms with Crippen LogP contribution >= 0.6 is 0 Å². The first-order valence-electron chi connectivity index (χ1n) is 2.96. The minimum Gasteiger partial charge on any atom is -0.348 e. The largest absolute Gasteiger partial charge is 0.348 e. The Morgan fingerprint density at radius 1 is 1.90 bits per heavy atom. The third kappa shape index (κ3) is 1.55. The molecule has 0 fully saturated rings. The average Bonchev–Trinajstić information content (AvgIpc) is 2.40. The van der Waals surface area contributed by atoms with E-state index in [1.807, 2.05) is 0 Å². The van der Waals surface area contributed by atoms with Crippen molar-refractivity contribution < 1.29 is 4.79 Å². The third-order valence-corrected chi connectivity index (χ3v) is 1.12. The maximum absolute atomic E-state index is 10.7. The van der Waals surface area contributed by atoms with E-state index in [0.717, 1.165) is 0 Å². The topological polar surface area (TPSA) is 45.8 Å².